The van der Waals surface area contributed by atoms with Gasteiger partial charge in [0, 0.05) is 39.3 Å². The first-order chi connectivity index (χ1) is 11.8. The molecule has 1 aromatic heterocycles. The number of carbonyl (C=O) groups is 1. The summed E-state index contributed by atoms with van der Waals surface area (Å²) in [7, 11) is -1.93. The summed E-state index contributed by atoms with van der Waals surface area (Å²) in [5.41, 5.74) is 0. The molecule has 0 spiro atoms. The van der Waals surface area contributed by atoms with E-state index in [0.717, 1.165) is 39.0 Å². The smallest absolute Gasteiger partial charge is 0.259 e. The van der Waals surface area contributed by atoms with Crippen molar-refractivity contribution in [2.45, 2.75) is 38.1 Å². The lowest BCUT2D eigenvalue weighted by Gasteiger charge is -2.32. The van der Waals surface area contributed by atoms with Gasteiger partial charge in [-0.25, -0.2) is 18.1 Å². The molecule has 1 aromatic rings. The predicted octanol–water partition coefficient (Wildman–Crippen LogP) is 0.245. The third-order valence-corrected chi connectivity index (χ3v) is 5.97. The van der Waals surface area contributed by atoms with E-state index in [2.05, 4.69) is 21.9 Å². The van der Waals surface area contributed by atoms with E-state index in [4.69, 9.17) is 0 Å². The normalized spacial score (nSPS) is 16.4. The fourth-order valence-electron chi connectivity index (χ4n) is 2.92. The molecule has 25 heavy (non-hydrogen) atoms. The number of aryl methyl sites for hydroxylation is 2. The molecule has 1 aliphatic rings. The number of aromatic nitrogens is 2. The van der Waals surface area contributed by atoms with Crippen LogP contribution in [0.15, 0.2) is 11.2 Å². The molecule has 0 radical (unpaired) electrons. The molecule has 0 bridgehead atoms. The minimum atomic E-state index is -3.67. The second-order valence-corrected chi connectivity index (χ2v) is 8.23. The number of piperidine rings is 1. The molecular formula is C16H29N5O3S. The van der Waals surface area contributed by atoms with Gasteiger partial charge in [0.2, 0.25) is 5.91 Å². The first-order valence-corrected chi connectivity index (χ1v) is 10.3. The summed E-state index contributed by atoms with van der Waals surface area (Å²) >= 11 is 0. The van der Waals surface area contributed by atoms with Gasteiger partial charge in [0.05, 0.1) is 0 Å². The number of nitrogens with zero attached hydrogens (tertiary/aromatic N) is 3. The van der Waals surface area contributed by atoms with Gasteiger partial charge in [-0.05, 0) is 38.8 Å². The molecule has 9 heteroatoms. The second-order valence-electron chi connectivity index (χ2n) is 6.52. The number of sulfonamides is 1. The average Bonchev–Trinajstić information content (AvgIpc) is 2.93. The SMILES string of the molecule is CCNCC1CCN(C(=O)CCNS(=O)(=O)c2cn(C)c(C)n2)CC1. The maximum atomic E-state index is 12.3. The number of amides is 1. The fraction of sp³-hybridized carbons (Fsp3) is 0.750. The zero-order chi connectivity index (χ0) is 18.4. The highest BCUT2D eigenvalue weighted by Crippen LogP contribution is 2.17. The Morgan fingerprint density at radius 1 is 1.36 bits per heavy atom. The summed E-state index contributed by atoms with van der Waals surface area (Å²) in [5.74, 6) is 1.24. The largest absolute Gasteiger partial charge is 0.343 e. The Morgan fingerprint density at radius 2 is 2.04 bits per heavy atom. The summed E-state index contributed by atoms with van der Waals surface area (Å²) < 4.78 is 28.5. The highest BCUT2D eigenvalue weighted by molar-refractivity contribution is 7.89. The molecule has 0 saturated carbocycles. The molecule has 1 saturated heterocycles. The Hall–Kier alpha value is -1.45. The third kappa shape index (κ3) is 5.52. The van der Waals surface area contributed by atoms with Gasteiger partial charge in [-0.2, -0.15) is 0 Å². The van der Waals surface area contributed by atoms with Gasteiger partial charge >= 0.3 is 0 Å². The van der Waals surface area contributed by atoms with Crippen LogP contribution in [-0.4, -0.2) is 61.5 Å². The van der Waals surface area contributed by atoms with Crippen LogP contribution in [0.4, 0.5) is 0 Å². The van der Waals surface area contributed by atoms with Crippen molar-refractivity contribution in [2.24, 2.45) is 13.0 Å². The van der Waals surface area contributed by atoms with Crippen LogP contribution < -0.4 is 10.0 Å². The van der Waals surface area contributed by atoms with Crippen molar-refractivity contribution in [1.29, 1.82) is 0 Å². The van der Waals surface area contributed by atoms with E-state index < -0.39 is 10.0 Å². The van der Waals surface area contributed by atoms with Gasteiger partial charge < -0.3 is 14.8 Å². The molecule has 0 unspecified atom stereocenters. The lowest BCUT2D eigenvalue weighted by molar-refractivity contribution is -0.132. The molecule has 142 valence electrons. The molecule has 2 rings (SSSR count). The average molecular weight is 372 g/mol. The molecule has 8 nitrogen and oxygen atoms in total. The summed E-state index contributed by atoms with van der Waals surface area (Å²) in [5, 5.41) is 3.34. The maximum absolute atomic E-state index is 12.3. The van der Waals surface area contributed by atoms with Crippen molar-refractivity contribution >= 4 is 15.9 Å². The zero-order valence-corrected chi connectivity index (χ0v) is 16.1. The monoisotopic (exact) mass is 371 g/mol. The number of imidazole rings is 1. The Morgan fingerprint density at radius 3 is 2.60 bits per heavy atom. The molecule has 1 fully saturated rings. The summed E-state index contributed by atoms with van der Waals surface area (Å²) in [6.07, 6.45) is 3.63. The van der Waals surface area contributed by atoms with Crippen molar-refractivity contribution in [1.82, 2.24) is 24.5 Å². The van der Waals surface area contributed by atoms with Gasteiger partial charge in [0.25, 0.3) is 10.0 Å². The molecular weight excluding hydrogens is 342 g/mol. The molecule has 1 aliphatic heterocycles. The quantitative estimate of drug-likeness (QED) is 0.683. The number of nitrogens with one attached hydrogen (secondary N) is 2. The Bertz CT molecular complexity index is 658. The molecule has 0 aromatic carbocycles. The molecule has 2 heterocycles. The number of carbonyl (C=O) groups excluding carboxylic acids is 1. The fourth-order valence-corrected chi connectivity index (χ4v) is 3.98. The topological polar surface area (TPSA) is 96.3 Å². The van der Waals surface area contributed by atoms with Crippen LogP contribution in [0.3, 0.4) is 0 Å². The van der Waals surface area contributed by atoms with E-state index in [9.17, 15) is 13.2 Å². The third-order valence-electron chi connectivity index (χ3n) is 4.64. The van der Waals surface area contributed by atoms with Crippen molar-refractivity contribution in [3.63, 3.8) is 0 Å². The van der Waals surface area contributed by atoms with E-state index in [1.54, 1.807) is 18.5 Å². The van der Waals surface area contributed by atoms with Crippen LogP contribution in [-0.2, 0) is 21.9 Å². The lowest BCUT2D eigenvalue weighted by atomic mass is 9.96. The van der Waals surface area contributed by atoms with Gasteiger partial charge in [-0.3, -0.25) is 4.79 Å². The van der Waals surface area contributed by atoms with E-state index in [0.29, 0.717) is 11.7 Å². The first-order valence-electron chi connectivity index (χ1n) is 8.81. The van der Waals surface area contributed by atoms with E-state index in [1.165, 1.54) is 6.20 Å². The van der Waals surface area contributed by atoms with Crippen LogP contribution in [0.1, 0.15) is 32.0 Å². The van der Waals surface area contributed by atoms with Gasteiger partial charge in [-0.15, -0.1) is 0 Å². The van der Waals surface area contributed by atoms with E-state index in [1.807, 2.05) is 4.90 Å². The Balaban J connectivity index is 1.75. The van der Waals surface area contributed by atoms with Crippen LogP contribution in [0.5, 0.6) is 0 Å². The molecule has 2 N–H and O–H groups in total. The minimum Gasteiger partial charge on any atom is -0.343 e. The minimum absolute atomic E-state index is 0.00167. The Kier molecular flexibility index (Phi) is 6.97. The van der Waals surface area contributed by atoms with Gasteiger partial charge in [0.15, 0.2) is 5.03 Å². The first kappa shape index (κ1) is 19.9. The molecule has 0 aliphatic carbocycles. The number of hydrogen-bond donors (Lipinski definition) is 2. The van der Waals surface area contributed by atoms with Crippen molar-refractivity contribution < 1.29 is 13.2 Å². The van der Waals surface area contributed by atoms with E-state index in [-0.39, 0.29) is 23.9 Å². The number of hydrogen-bond acceptors (Lipinski definition) is 5. The Labute approximate surface area is 150 Å². The zero-order valence-electron chi connectivity index (χ0n) is 15.3. The van der Waals surface area contributed by atoms with Crippen LogP contribution in [0, 0.1) is 12.8 Å². The van der Waals surface area contributed by atoms with Crippen LogP contribution in [0.2, 0.25) is 0 Å². The van der Waals surface area contributed by atoms with Gasteiger partial charge in [-0.1, -0.05) is 6.92 Å². The summed E-state index contributed by atoms with van der Waals surface area (Å²) in [4.78, 5) is 18.1. The number of likely N-dealkylation sites (tertiary alicyclic amines) is 1. The second kappa shape index (κ2) is 8.77. The van der Waals surface area contributed by atoms with Crippen LogP contribution in [0.25, 0.3) is 0 Å². The van der Waals surface area contributed by atoms with Gasteiger partial charge in [0.1, 0.15) is 5.82 Å². The predicted molar refractivity (Wildman–Crippen MR) is 95.6 cm³/mol. The number of rotatable bonds is 8. The molecule has 1 amide bonds. The van der Waals surface area contributed by atoms with Crippen molar-refractivity contribution in [3.05, 3.63) is 12.0 Å². The van der Waals surface area contributed by atoms with Crippen molar-refractivity contribution in [2.75, 3.05) is 32.7 Å². The standard InChI is InChI=1S/C16H29N5O3S/c1-4-17-11-14-6-9-21(10-7-14)16(22)5-8-18-25(23,24)15-12-20(3)13(2)19-15/h12,14,17-18H,4-11H2,1-3H3. The highest BCUT2D eigenvalue weighted by Gasteiger charge is 2.23. The van der Waals surface area contributed by atoms with Crippen molar-refractivity contribution in [3.8, 4) is 0 Å². The molecule has 0 atom stereocenters. The highest BCUT2D eigenvalue weighted by atomic mass is 32.2. The summed E-state index contributed by atoms with van der Waals surface area (Å²) in [6, 6.07) is 0. The lowest BCUT2D eigenvalue weighted by Crippen LogP contribution is -2.41. The van der Waals surface area contributed by atoms with Crippen LogP contribution >= 0.6 is 0 Å². The summed E-state index contributed by atoms with van der Waals surface area (Å²) in [6.45, 7) is 7.39. The maximum Gasteiger partial charge on any atom is 0.259 e. The van der Waals surface area contributed by atoms with E-state index >= 15 is 0 Å².